The normalized spacial score (nSPS) is 11.0. The number of thiophene rings is 1. The van der Waals surface area contributed by atoms with Crippen LogP contribution >= 0.6 is 11.3 Å². The van der Waals surface area contributed by atoms with Crippen molar-refractivity contribution in [1.29, 1.82) is 0 Å². The molecule has 3 aromatic rings. The molecule has 1 N–H and O–H groups in total. The zero-order chi connectivity index (χ0) is 15.9. The first-order valence-corrected chi connectivity index (χ1v) is 8.60. The number of hydrogen-bond acceptors (Lipinski definition) is 5. The number of para-hydroxylation sites is 1. The van der Waals surface area contributed by atoms with Crippen LogP contribution in [0.2, 0.25) is 0 Å². The van der Waals surface area contributed by atoms with Gasteiger partial charge < -0.3 is 14.5 Å². The molecular formula is C18H19NO3S. The number of fused-ring (bicyclic) bond motifs is 1. The molecule has 23 heavy (non-hydrogen) atoms. The average Bonchev–Trinajstić information content (AvgIpc) is 3.07. The summed E-state index contributed by atoms with van der Waals surface area (Å²) in [4.78, 5) is 12.9. The van der Waals surface area contributed by atoms with E-state index in [2.05, 4.69) is 22.8 Å². The fourth-order valence-electron chi connectivity index (χ4n) is 2.37. The third-order valence-electron chi connectivity index (χ3n) is 3.50. The lowest BCUT2D eigenvalue weighted by Crippen LogP contribution is -2.20. The van der Waals surface area contributed by atoms with Gasteiger partial charge in [0.05, 0.1) is 18.1 Å². The molecule has 0 unspecified atom stereocenters. The molecule has 0 aliphatic heterocycles. The Balaban J connectivity index is 1.43. The number of benzene rings is 1. The summed E-state index contributed by atoms with van der Waals surface area (Å²) < 4.78 is 10.9. The Morgan fingerprint density at radius 1 is 1.13 bits per heavy atom. The first kappa shape index (κ1) is 15.8. The van der Waals surface area contributed by atoms with Crippen molar-refractivity contribution in [3.8, 4) is 5.75 Å². The van der Waals surface area contributed by atoms with Gasteiger partial charge in [0.15, 0.2) is 0 Å². The summed E-state index contributed by atoms with van der Waals surface area (Å²) in [7, 11) is 0. The van der Waals surface area contributed by atoms with Crippen LogP contribution in [0.1, 0.15) is 11.3 Å². The lowest BCUT2D eigenvalue weighted by atomic mass is 10.2. The Hall–Kier alpha value is -2.11. The predicted octanol–water partition coefficient (Wildman–Crippen LogP) is 3.46. The maximum atomic E-state index is 11.5. The molecule has 0 fully saturated rings. The van der Waals surface area contributed by atoms with Crippen LogP contribution in [0.4, 0.5) is 0 Å². The van der Waals surface area contributed by atoms with E-state index in [4.69, 9.17) is 9.15 Å². The second-order valence-electron chi connectivity index (χ2n) is 5.21. The van der Waals surface area contributed by atoms with Gasteiger partial charge in [-0.05, 0) is 49.5 Å². The van der Waals surface area contributed by atoms with Crippen molar-refractivity contribution in [2.75, 3.05) is 19.7 Å². The van der Waals surface area contributed by atoms with Gasteiger partial charge in [-0.2, -0.15) is 0 Å². The highest BCUT2D eigenvalue weighted by Crippen LogP contribution is 2.23. The SMILES string of the molecule is O=c1cc(OCCCNCCc2cccs2)c2ccccc2o1. The highest BCUT2D eigenvalue weighted by molar-refractivity contribution is 7.09. The van der Waals surface area contributed by atoms with Gasteiger partial charge >= 0.3 is 5.63 Å². The molecular weight excluding hydrogens is 310 g/mol. The summed E-state index contributed by atoms with van der Waals surface area (Å²) >= 11 is 1.79. The van der Waals surface area contributed by atoms with Crippen LogP contribution in [-0.4, -0.2) is 19.7 Å². The molecule has 2 aromatic heterocycles. The molecule has 0 aliphatic carbocycles. The Bertz CT molecular complexity index is 795. The summed E-state index contributed by atoms with van der Waals surface area (Å²) in [5.41, 5.74) is 0.178. The second-order valence-corrected chi connectivity index (χ2v) is 6.24. The Morgan fingerprint density at radius 3 is 2.91 bits per heavy atom. The molecule has 3 rings (SSSR count). The van der Waals surface area contributed by atoms with Crippen molar-refractivity contribution in [3.05, 3.63) is 63.1 Å². The fraction of sp³-hybridized carbons (Fsp3) is 0.278. The van der Waals surface area contributed by atoms with E-state index >= 15 is 0 Å². The van der Waals surface area contributed by atoms with E-state index in [0.717, 1.165) is 31.3 Å². The molecule has 0 radical (unpaired) electrons. The van der Waals surface area contributed by atoms with Crippen LogP contribution in [-0.2, 0) is 6.42 Å². The molecule has 0 aliphatic rings. The zero-order valence-electron chi connectivity index (χ0n) is 12.8. The van der Waals surface area contributed by atoms with E-state index in [1.165, 1.54) is 10.9 Å². The highest BCUT2D eigenvalue weighted by Gasteiger charge is 2.05. The average molecular weight is 329 g/mol. The smallest absolute Gasteiger partial charge is 0.339 e. The van der Waals surface area contributed by atoms with Crippen molar-refractivity contribution in [3.63, 3.8) is 0 Å². The topological polar surface area (TPSA) is 51.5 Å². The molecule has 0 saturated heterocycles. The van der Waals surface area contributed by atoms with E-state index in [1.54, 1.807) is 17.4 Å². The molecule has 0 amide bonds. The number of ether oxygens (including phenoxy) is 1. The third-order valence-corrected chi connectivity index (χ3v) is 4.43. The second kappa shape index (κ2) is 7.94. The monoisotopic (exact) mass is 329 g/mol. The predicted molar refractivity (Wildman–Crippen MR) is 93.5 cm³/mol. The van der Waals surface area contributed by atoms with Gasteiger partial charge in [0, 0.05) is 4.88 Å². The van der Waals surface area contributed by atoms with Gasteiger partial charge in [0.2, 0.25) is 0 Å². The fourth-order valence-corrected chi connectivity index (χ4v) is 3.08. The molecule has 5 heteroatoms. The minimum Gasteiger partial charge on any atom is -0.492 e. The molecule has 0 atom stereocenters. The highest BCUT2D eigenvalue weighted by atomic mass is 32.1. The van der Waals surface area contributed by atoms with E-state index in [1.807, 2.05) is 18.2 Å². The van der Waals surface area contributed by atoms with Gasteiger partial charge in [0.1, 0.15) is 11.3 Å². The van der Waals surface area contributed by atoms with Gasteiger partial charge in [-0.25, -0.2) is 4.79 Å². The van der Waals surface area contributed by atoms with Crippen LogP contribution in [0.5, 0.6) is 5.75 Å². The summed E-state index contributed by atoms with van der Waals surface area (Å²) in [5.74, 6) is 0.593. The summed E-state index contributed by atoms with van der Waals surface area (Å²) in [6.45, 7) is 2.43. The molecule has 0 bridgehead atoms. The van der Waals surface area contributed by atoms with E-state index in [9.17, 15) is 4.79 Å². The minimum absolute atomic E-state index is 0.382. The quantitative estimate of drug-likeness (QED) is 0.508. The lowest BCUT2D eigenvalue weighted by molar-refractivity contribution is 0.309. The van der Waals surface area contributed by atoms with Crippen LogP contribution < -0.4 is 15.7 Å². The lowest BCUT2D eigenvalue weighted by Gasteiger charge is -2.08. The third kappa shape index (κ3) is 4.43. The van der Waals surface area contributed by atoms with Crippen molar-refractivity contribution >= 4 is 22.3 Å². The molecule has 4 nitrogen and oxygen atoms in total. The number of rotatable bonds is 8. The first-order chi connectivity index (χ1) is 11.3. The van der Waals surface area contributed by atoms with E-state index in [-0.39, 0.29) is 5.63 Å². The molecule has 2 heterocycles. The maximum absolute atomic E-state index is 11.5. The van der Waals surface area contributed by atoms with Crippen LogP contribution in [0.3, 0.4) is 0 Å². The minimum atomic E-state index is -0.382. The van der Waals surface area contributed by atoms with Crippen molar-refractivity contribution < 1.29 is 9.15 Å². The zero-order valence-corrected chi connectivity index (χ0v) is 13.6. The van der Waals surface area contributed by atoms with Crippen molar-refractivity contribution in [2.45, 2.75) is 12.8 Å². The number of hydrogen-bond donors (Lipinski definition) is 1. The molecule has 120 valence electrons. The van der Waals surface area contributed by atoms with E-state index < -0.39 is 0 Å². The van der Waals surface area contributed by atoms with Crippen LogP contribution in [0.15, 0.2) is 57.1 Å². The van der Waals surface area contributed by atoms with Crippen LogP contribution in [0, 0.1) is 0 Å². The number of nitrogens with one attached hydrogen (secondary N) is 1. The Labute approximate surface area is 138 Å². The van der Waals surface area contributed by atoms with Crippen LogP contribution in [0.25, 0.3) is 11.0 Å². The molecule has 0 saturated carbocycles. The van der Waals surface area contributed by atoms with Crippen molar-refractivity contribution in [1.82, 2.24) is 5.32 Å². The largest absolute Gasteiger partial charge is 0.492 e. The van der Waals surface area contributed by atoms with Gasteiger partial charge in [-0.15, -0.1) is 11.3 Å². The summed E-state index contributed by atoms with van der Waals surface area (Å²) in [6, 6.07) is 13.1. The van der Waals surface area contributed by atoms with Gasteiger partial charge in [-0.3, -0.25) is 0 Å². The Morgan fingerprint density at radius 2 is 2.04 bits per heavy atom. The van der Waals surface area contributed by atoms with Gasteiger partial charge in [0.25, 0.3) is 0 Å². The molecule has 1 aromatic carbocycles. The van der Waals surface area contributed by atoms with E-state index in [0.29, 0.717) is 17.9 Å². The van der Waals surface area contributed by atoms with Crippen molar-refractivity contribution in [2.24, 2.45) is 0 Å². The summed E-state index contributed by atoms with van der Waals surface area (Å²) in [5, 5.41) is 6.34. The summed E-state index contributed by atoms with van der Waals surface area (Å²) in [6.07, 6.45) is 1.95. The Kier molecular flexibility index (Phi) is 5.45. The molecule has 0 spiro atoms. The standard InChI is InChI=1S/C18H19NO3S/c20-18-13-17(15-6-1-2-7-16(15)22-18)21-11-4-9-19-10-8-14-5-3-12-23-14/h1-3,5-7,12-13,19H,4,8-11H2. The maximum Gasteiger partial charge on any atom is 0.339 e. The van der Waals surface area contributed by atoms with Gasteiger partial charge in [-0.1, -0.05) is 18.2 Å². The first-order valence-electron chi connectivity index (χ1n) is 7.72.